The van der Waals surface area contributed by atoms with Crippen molar-refractivity contribution in [3.63, 3.8) is 0 Å². The van der Waals surface area contributed by atoms with Crippen LogP contribution >= 0.6 is 11.8 Å². The van der Waals surface area contributed by atoms with E-state index in [-0.39, 0.29) is 17.4 Å². The van der Waals surface area contributed by atoms with Crippen LogP contribution in [-0.4, -0.2) is 50.7 Å². The zero-order valence-electron chi connectivity index (χ0n) is 22.1. The van der Waals surface area contributed by atoms with E-state index in [9.17, 15) is 15.0 Å². The number of hydrogen-bond acceptors (Lipinski definition) is 4. The highest BCUT2D eigenvalue weighted by Gasteiger charge is 2.16. The summed E-state index contributed by atoms with van der Waals surface area (Å²) in [6.45, 7) is 6.06. The number of carbonyl (C=O) groups is 1. The maximum absolute atomic E-state index is 12.1. The number of amides is 1. The summed E-state index contributed by atoms with van der Waals surface area (Å²) in [5.74, 6) is 3.04. The summed E-state index contributed by atoms with van der Waals surface area (Å²) in [6, 6.07) is 13.0. The number of thioether (sulfide) groups is 1. The maximum Gasteiger partial charge on any atom is 0.222 e. The van der Waals surface area contributed by atoms with E-state index in [1.54, 1.807) is 18.2 Å². The zero-order valence-corrected chi connectivity index (χ0v) is 22.9. The Morgan fingerprint density at radius 3 is 2.36 bits per heavy atom. The molecule has 0 aliphatic heterocycles. The third-order valence-corrected chi connectivity index (χ3v) is 7.97. The summed E-state index contributed by atoms with van der Waals surface area (Å²) in [5.41, 5.74) is 4.52. The molecule has 1 aromatic heterocycles. The predicted octanol–water partition coefficient (Wildman–Crippen LogP) is 7.36. The first kappa shape index (κ1) is 28.0. The van der Waals surface area contributed by atoms with Crippen molar-refractivity contribution in [1.29, 1.82) is 0 Å². The van der Waals surface area contributed by atoms with Crippen LogP contribution in [0.5, 0.6) is 11.5 Å². The average molecular weight is 511 g/mol. The van der Waals surface area contributed by atoms with Crippen molar-refractivity contribution < 1.29 is 15.0 Å². The summed E-state index contributed by atoms with van der Waals surface area (Å²) in [4.78, 5) is 14.0. The molecule has 0 saturated carbocycles. The highest BCUT2D eigenvalue weighted by Crippen LogP contribution is 2.36. The quantitative estimate of drug-likeness (QED) is 0.210. The van der Waals surface area contributed by atoms with E-state index in [4.69, 9.17) is 0 Å². The van der Waals surface area contributed by atoms with Gasteiger partial charge in [0, 0.05) is 37.5 Å². The molecule has 5 nitrogen and oxygen atoms in total. The first-order chi connectivity index (χ1) is 17.4. The van der Waals surface area contributed by atoms with Gasteiger partial charge in [0.15, 0.2) is 0 Å². The van der Waals surface area contributed by atoms with Crippen LogP contribution in [0.2, 0.25) is 0 Å². The number of benzene rings is 2. The van der Waals surface area contributed by atoms with Crippen LogP contribution in [0, 0.1) is 6.92 Å². The molecule has 0 bridgehead atoms. The second kappa shape index (κ2) is 14.2. The average Bonchev–Trinajstić information content (AvgIpc) is 3.14. The summed E-state index contributed by atoms with van der Waals surface area (Å²) in [5, 5.41) is 20.8. The lowest BCUT2D eigenvalue weighted by molar-refractivity contribution is -0.129. The molecule has 36 heavy (non-hydrogen) atoms. The maximum atomic E-state index is 12.1. The van der Waals surface area contributed by atoms with Gasteiger partial charge in [-0.1, -0.05) is 26.2 Å². The van der Waals surface area contributed by atoms with Crippen molar-refractivity contribution in [1.82, 2.24) is 9.47 Å². The van der Waals surface area contributed by atoms with Crippen LogP contribution in [0.4, 0.5) is 0 Å². The van der Waals surface area contributed by atoms with Crippen LogP contribution in [0.25, 0.3) is 22.2 Å². The molecule has 1 heterocycles. The number of fused-ring (bicyclic) bond motifs is 1. The first-order valence-corrected chi connectivity index (χ1v) is 14.5. The van der Waals surface area contributed by atoms with Crippen LogP contribution in [0.1, 0.15) is 63.9 Å². The number of unbranched alkanes of at least 4 members (excludes halogenated alkanes) is 4. The SMILES string of the molecule is CCCCN(C)C(=O)CCCSCCCCCCn1c(-c2ccc(O)cc2)c(C)c2cc(O)ccc21. The molecule has 0 radical (unpaired) electrons. The molecule has 3 aromatic rings. The van der Waals surface area contributed by atoms with Gasteiger partial charge >= 0.3 is 0 Å². The molecule has 0 aliphatic carbocycles. The van der Waals surface area contributed by atoms with Gasteiger partial charge in [0.05, 0.1) is 5.69 Å². The largest absolute Gasteiger partial charge is 0.508 e. The highest BCUT2D eigenvalue weighted by atomic mass is 32.2. The number of phenolic OH excluding ortho intramolecular Hbond substituents is 2. The van der Waals surface area contributed by atoms with E-state index in [0.717, 1.165) is 78.0 Å². The van der Waals surface area contributed by atoms with Gasteiger partial charge in [-0.05, 0) is 97.7 Å². The van der Waals surface area contributed by atoms with Crippen molar-refractivity contribution in [2.75, 3.05) is 25.1 Å². The first-order valence-electron chi connectivity index (χ1n) is 13.3. The van der Waals surface area contributed by atoms with Gasteiger partial charge < -0.3 is 19.7 Å². The van der Waals surface area contributed by atoms with E-state index in [0.29, 0.717) is 6.42 Å². The molecule has 196 valence electrons. The number of aryl methyl sites for hydroxylation is 2. The van der Waals surface area contributed by atoms with Gasteiger partial charge in [0.2, 0.25) is 5.91 Å². The molecular weight excluding hydrogens is 468 g/mol. The zero-order chi connectivity index (χ0) is 25.9. The Bertz CT molecular complexity index is 1110. The Morgan fingerprint density at radius 2 is 1.61 bits per heavy atom. The minimum Gasteiger partial charge on any atom is -0.508 e. The molecule has 3 rings (SSSR count). The summed E-state index contributed by atoms with van der Waals surface area (Å²) >= 11 is 1.97. The van der Waals surface area contributed by atoms with E-state index < -0.39 is 0 Å². The van der Waals surface area contributed by atoms with Gasteiger partial charge in [-0.25, -0.2) is 0 Å². The van der Waals surface area contributed by atoms with Crippen LogP contribution < -0.4 is 0 Å². The van der Waals surface area contributed by atoms with Gasteiger partial charge in [-0.2, -0.15) is 11.8 Å². The van der Waals surface area contributed by atoms with Gasteiger partial charge in [0.1, 0.15) is 11.5 Å². The molecule has 0 saturated heterocycles. The summed E-state index contributed by atoms with van der Waals surface area (Å²) in [7, 11) is 1.92. The number of rotatable bonds is 15. The fourth-order valence-corrected chi connectivity index (χ4v) is 5.66. The summed E-state index contributed by atoms with van der Waals surface area (Å²) in [6.07, 6.45) is 8.52. The summed E-state index contributed by atoms with van der Waals surface area (Å²) < 4.78 is 2.36. The Kier molecular flexibility index (Phi) is 11.1. The molecule has 2 N–H and O–H groups in total. The number of hydrogen-bond donors (Lipinski definition) is 2. The number of aromatic hydroxyl groups is 2. The van der Waals surface area contributed by atoms with E-state index in [1.807, 2.05) is 48.0 Å². The van der Waals surface area contributed by atoms with E-state index in [2.05, 4.69) is 18.4 Å². The Balaban J connectivity index is 1.43. The van der Waals surface area contributed by atoms with Gasteiger partial charge in [0.25, 0.3) is 0 Å². The van der Waals surface area contributed by atoms with Crippen LogP contribution in [0.15, 0.2) is 42.5 Å². The van der Waals surface area contributed by atoms with Crippen molar-refractivity contribution in [3.8, 4) is 22.8 Å². The number of carbonyl (C=O) groups excluding carboxylic acids is 1. The highest BCUT2D eigenvalue weighted by molar-refractivity contribution is 7.99. The second-order valence-corrected chi connectivity index (χ2v) is 10.9. The van der Waals surface area contributed by atoms with Gasteiger partial charge in [-0.3, -0.25) is 4.79 Å². The second-order valence-electron chi connectivity index (χ2n) is 9.67. The lowest BCUT2D eigenvalue weighted by atomic mass is 10.1. The fraction of sp³-hybridized carbons (Fsp3) is 0.500. The smallest absolute Gasteiger partial charge is 0.222 e. The van der Waals surface area contributed by atoms with E-state index in [1.165, 1.54) is 19.3 Å². The van der Waals surface area contributed by atoms with Crippen molar-refractivity contribution >= 4 is 28.6 Å². The number of aromatic nitrogens is 1. The molecular formula is C30H42N2O3S. The normalized spacial score (nSPS) is 11.3. The predicted molar refractivity (Wildman–Crippen MR) is 153 cm³/mol. The van der Waals surface area contributed by atoms with Crippen molar-refractivity contribution in [3.05, 3.63) is 48.0 Å². The van der Waals surface area contributed by atoms with Crippen molar-refractivity contribution in [2.45, 2.75) is 71.8 Å². The molecule has 0 aliphatic rings. The molecule has 0 unspecified atom stereocenters. The lowest BCUT2D eigenvalue weighted by Gasteiger charge is -2.16. The van der Waals surface area contributed by atoms with E-state index >= 15 is 0 Å². The number of nitrogens with zero attached hydrogens (tertiary/aromatic N) is 2. The molecule has 0 fully saturated rings. The minimum absolute atomic E-state index is 0.264. The third kappa shape index (κ3) is 7.70. The molecule has 6 heteroatoms. The lowest BCUT2D eigenvalue weighted by Crippen LogP contribution is -2.27. The van der Waals surface area contributed by atoms with Crippen molar-refractivity contribution in [2.24, 2.45) is 0 Å². The fourth-order valence-electron chi connectivity index (χ4n) is 4.70. The van der Waals surface area contributed by atoms with Gasteiger partial charge in [-0.15, -0.1) is 0 Å². The Labute approximate surface area is 220 Å². The Morgan fingerprint density at radius 1 is 0.917 bits per heavy atom. The van der Waals surface area contributed by atoms with Crippen LogP contribution in [-0.2, 0) is 11.3 Å². The topological polar surface area (TPSA) is 65.7 Å². The standard InChI is InChI=1S/C30H42N2O3S/c1-4-5-18-31(3)29(35)11-10-21-36-20-9-7-6-8-19-32-28-17-16-26(34)22-27(28)23(2)30(32)24-12-14-25(33)15-13-24/h12-17,22,33-34H,4-11,18-21H2,1-3H3. The third-order valence-electron chi connectivity index (χ3n) is 6.81. The Hall–Kier alpha value is -2.60. The van der Waals surface area contributed by atoms with Crippen LogP contribution in [0.3, 0.4) is 0 Å². The minimum atomic E-state index is 0.264. The molecule has 1 amide bonds. The molecule has 0 spiro atoms. The number of phenols is 2. The molecule has 2 aromatic carbocycles. The molecule has 0 atom stereocenters. The monoisotopic (exact) mass is 510 g/mol.